The number of ether oxygens (including phenoxy) is 1. The van der Waals surface area contributed by atoms with Crippen molar-refractivity contribution in [1.82, 2.24) is 9.78 Å². The Kier molecular flexibility index (Phi) is 7.75. The summed E-state index contributed by atoms with van der Waals surface area (Å²) in [6.45, 7) is 7.82. The van der Waals surface area contributed by atoms with Crippen molar-refractivity contribution in [2.24, 2.45) is 0 Å². The summed E-state index contributed by atoms with van der Waals surface area (Å²) in [5, 5.41) is 14.5. The molecule has 4 nitrogen and oxygen atoms in total. The summed E-state index contributed by atoms with van der Waals surface area (Å²) in [4.78, 5) is 0. The standard InChI is InChI=1S/C15H28N2O2/c1-4-14(5-2)17-10-9-13(16-17)12-15(18)8-7-11-19-6-3/h9-10,14-15,18H,4-8,11-12H2,1-3H3. The molecule has 1 aromatic rings. The predicted molar refractivity (Wildman–Crippen MR) is 77.3 cm³/mol. The highest BCUT2D eigenvalue weighted by molar-refractivity contribution is 5.01. The van der Waals surface area contributed by atoms with E-state index in [1.165, 1.54) is 0 Å². The van der Waals surface area contributed by atoms with Gasteiger partial charge in [0.1, 0.15) is 0 Å². The molecule has 1 aromatic heterocycles. The van der Waals surface area contributed by atoms with Gasteiger partial charge >= 0.3 is 0 Å². The van der Waals surface area contributed by atoms with Crippen LogP contribution in [0.4, 0.5) is 0 Å². The Morgan fingerprint density at radius 1 is 1.32 bits per heavy atom. The van der Waals surface area contributed by atoms with Crippen LogP contribution >= 0.6 is 0 Å². The molecule has 1 N–H and O–H groups in total. The lowest BCUT2D eigenvalue weighted by molar-refractivity contribution is 0.114. The Morgan fingerprint density at radius 2 is 2.05 bits per heavy atom. The molecule has 1 atom stereocenters. The molecule has 19 heavy (non-hydrogen) atoms. The van der Waals surface area contributed by atoms with Crippen LogP contribution in [0.1, 0.15) is 58.2 Å². The molecule has 0 aliphatic rings. The number of nitrogens with zero attached hydrogens (tertiary/aromatic N) is 2. The second-order valence-corrected chi connectivity index (χ2v) is 4.95. The number of hydrogen-bond acceptors (Lipinski definition) is 3. The minimum absolute atomic E-state index is 0.314. The number of aliphatic hydroxyl groups is 1. The smallest absolute Gasteiger partial charge is 0.0650 e. The van der Waals surface area contributed by atoms with Crippen molar-refractivity contribution < 1.29 is 9.84 Å². The first kappa shape index (κ1) is 16.2. The molecule has 0 aliphatic heterocycles. The van der Waals surface area contributed by atoms with E-state index >= 15 is 0 Å². The SMILES string of the molecule is CCOCCCC(O)Cc1ccn(C(CC)CC)n1. The summed E-state index contributed by atoms with van der Waals surface area (Å²) in [6.07, 6.45) is 6.22. The van der Waals surface area contributed by atoms with Crippen molar-refractivity contribution in [1.29, 1.82) is 0 Å². The summed E-state index contributed by atoms with van der Waals surface area (Å²) in [6, 6.07) is 2.49. The molecule has 0 spiro atoms. The van der Waals surface area contributed by atoms with Crippen molar-refractivity contribution in [2.75, 3.05) is 13.2 Å². The fourth-order valence-electron chi connectivity index (χ4n) is 2.26. The lowest BCUT2D eigenvalue weighted by atomic mass is 10.1. The van der Waals surface area contributed by atoms with Gasteiger partial charge in [0.05, 0.1) is 17.8 Å². The summed E-state index contributed by atoms with van der Waals surface area (Å²) in [7, 11) is 0. The molecule has 0 aliphatic carbocycles. The number of hydrogen-bond donors (Lipinski definition) is 1. The van der Waals surface area contributed by atoms with Gasteiger partial charge in [0.15, 0.2) is 0 Å². The van der Waals surface area contributed by atoms with E-state index < -0.39 is 0 Å². The Morgan fingerprint density at radius 3 is 2.68 bits per heavy atom. The molecular weight excluding hydrogens is 240 g/mol. The van der Waals surface area contributed by atoms with Crippen LogP contribution < -0.4 is 0 Å². The molecule has 0 aromatic carbocycles. The van der Waals surface area contributed by atoms with Crippen LogP contribution in [-0.4, -0.2) is 34.2 Å². The topological polar surface area (TPSA) is 47.3 Å². The molecular formula is C15H28N2O2. The third-order valence-electron chi connectivity index (χ3n) is 3.46. The fraction of sp³-hybridized carbons (Fsp3) is 0.800. The van der Waals surface area contributed by atoms with Crippen LogP contribution in [0, 0.1) is 0 Å². The van der Waals surface area contributed by atoms with Crippen molar-refractivity contribution in [2.45, 2.75) is 65.0 Å². The third kappa shape index (κ3) is 5.74. The molecule has 0 fully saturated rings. The largest absolute Gasteiger partial charge is 0.393 e. The van der Waals surface area contributed by atoms with Gasteiger partial charge < -0.3 is 9.84 Å². The van der Waals surface area contributed by atoms with Crippen LogP contribution in [-0.2, 0) is 11.2 Å². The lowest BCUT2D eigenvalue weighted by Crippen LogP contribution is -2.13. The van der Waals surface area contributed by atoms with Gasteiger partial charge in [0.2, 0.25) is 0 Å². The minimum atomic E-state index is -0.314. The zero-order chi connectivity index (χ0) is 14.1. The van der Waals surface area contributed by atoms with Gasteiger partial charge in [-0.1, -0.05) is 13.8 Å². The van der Waals surface area contributed by atoms with Gasteiger partial charge in [0, 0.05) is 25.8 Å². The van der Waals surface area contributed by atoms with E-state index in [-0.39, 0.29) is 6.10 Å². The number of aliphatic hydroxyl groups excluding tert-OH is 1. The highest BCUT2D eigenvalue weighted by atomic mass is 16.5. The van der Waals surface area contributed by atoms with Crippen LogP contribution in [0.5, 0.6) is 0 Å². The first-order valence-electron chi connectivity index (χ1n) is 7.51. The quantitative estimate of drug-likeness (QED) is 0.664. The van der Waals surface area contributed by atoms with Gasteiger partial charge in [-0.15, -0.1) is 0 Å². The van der Waals surface area contributed by atoms with Crippen molar-refractivity contribution in [3.05, 3.63) is 18.0 Å². The van der Waals surface area contributed by atoms with E-state index in [9.17, 15) is 5.11 Å². The highest BCUT2D eigenvalue weighted by Gasteiger charge is 2.11. The molecule has 0 saturated heterocycles. The normalized spacial score (nSPS) is 13.1. The minimum Gasteiger partial charge on any atom is -0.393 e. The second-order valence-electron chi connectivity index (χ2n) is 4.95. The van der Waals surface area contributed by atoms with Crippen molar-refractivity contribution >= 4 is 0 Å². The average Bonchev–Trinajstić information content (AvgIpc) is 2.84. The molecule has 1 rings (SSSR count). The summed E-state index contributed by atoms with van der Waals surface area (Å²) in [5.74, 6) is 0. The van der Waals surface area contributed by atoms with Crippen LogP contribution in [0.15, 0.2) is 12.3 Å². The van der Waals surface area contributed by atoms with E-state index in [0.717, 1.165) is 44.6 Å². The van der Waals surface area contributed by atoms with Crippen LogP contribution in [0.3, 0.4) is 0 Å². The maximum absolute atomic E-state index is 9.96. The maximum Gasteiger partial charge on any atom is 0.0650 e. The lowest BCUT2D eigenvalue weighted by Gasteiger charge is -2.13. The van der Waals surface area contributed by atoms with Gasteiger partial charge in [0.25, 0.3) is 0 Å². The van der Waals surface area contributed by atoms with Gasteiger partial charge in [-0.2, -0.15) is 5.10 Å². The first-order valence-corrected chi connectivity index (χ1v) is 7.51. The van der Waals surface area contributed by atoms with E-state index in [0.29, 0.717) is 12.5 Å². The van der Waals surface area contributed by atoms with Gasteiger partial charge in [-0.25, -0.2) is 0 Å². The van der Waals surface area contributed by atoms with Gasteiger partial charge in [-0.05, 0) is 38.7 Å². The summed E-state index contributed by atoms with van der Waals surface area (Å²) in [5.41, 5.74) is 0.982. The number of rotatable bonds is 10. The molecule has 1 heterocycles. The molecule has 4 heteroatoms. The fourth-order valence-corrected chi connectivity index (χ4v) is 2.26. The molecule has 0 radical (unpaired) electrons. The van der Waals surface area contributed by atoms with E-state index in [1.54, 1.807) is 0 Å². The molecule has 0 bridgehead atoms. The van der Waals surface area contributed by atoms with Gasteiger partial charge in [-0.3, -0.25) is 4.68 Å². The van der Waals surface area contributed by atoms with Crippen molar-refractivity contribution in [3.63, 3.8) is 0 Å². The Balaban J connectivity index is 2.36. The maximum atomic E-state index is 9.96. The molecule has 1 unspecified atom stereocenters. The molecule has 0 amide bonds. The van der Waals surface area contributed by atoms with Crippen molar-refractivity contribution in [3.8, 4) is 0 Å². The molecule has 110 valence electrons. The highest BCUT2D eigenvalue weighted by Crippen LogP contribution is 2.15. The Hall–Kier alpha value is -0.870. The van der Waals surface area contributed by atoms with Crippen LogP contribution in [0.25, 0.3) is 0 Å². The zero-order valence-electron chi connectivity index (χ0n) is 12.5. The predicted octanol–water partition coefficient (Wildman–Crippen LogP) is 2.96. The summed E-state index contributed by atoms with van der Waals surface area (Å²) >= 11 is 0. The monoisotopic (exact) mass is 268 g/mol. The van der Waals surface area contributed by atoms with E-state index in [2.05, 4.69) is 18.9 Å². The average molecular weight is 268 g/mol. The number of aromatic nitrogens is 2. The van der Waals surface area contributed by atoms with E-state index in [4.69, 9.17) is 4.74 Å². The Bertz CT molecular complexity index is 335. The van der Waals surface area contributed by atoms with E-state index in [1.807, 2.05) is 23.9 Å². The zero-order valence-corrected chi connectivity index (χ0v) is 12.5. The van der Waals surface area contributed by atoms with Crippen LogP contribution in [0.2, 0.25) is 0 Å². The first-order chi connectivity index (χ1) is 9.21. The Labute approximate surface area is 116 Å². The summed E-state index contributed by atoms with van der Waals surface area (Å²) < 4.78 is 7.30. The second kappa shape index (κ2) is 9.10. The molecule has 0 saturated carbocycles. The third-order valence-corrected chi connectivity index (χ3v) is 3.46.